The Morgan fingerprint density at radius 3 is 2.62 bits per heavy atom. The Labute approximate surface area is 128 Å². The standard InChI is InChI=1S/C12H16ClN3O4S/c1-20-12(17)9-4-6-16(7-5-9)21(18,19)15-10-2-3-11(13)14-8-10/h2-3,8-9,15H,4-7H2,1H3. The minimum atomic E-state index is -3.66. The van der Waals surface area contributed by atoms with Crippen molar-refractivity contribution in [3.05, 3.63) is 23.5 Å². The van der Waals surface area contributed by atoms with Crippen LogP contribution in [0.1, 0.15) is 12.8 Å². The topological polar surface area (TPSA) is 88.6 Å². The molecule has 1 aliphatic rings. The molecule has 21 heavy (non-hydrogen) atoms. The molecule has 0 unspecified atom stereocenters. The molecule has 0 aromatic carbocycles. The van der Waals surface area contributed by atoms with Crippen LogP contribution in [0.5, 0.6) is 0 Å². The van der Waals surface area contributed by atoms with Crippen LogP contribution in [0, 0.1) is 5.92 Å². The van der Waals surface area contributed by atoms with Gasteiger partial charge in [-0.15, -0.1) is 0 Å². The number of esters is 1. The molecule has 1 saturated heterocycles. The predicted octanol–water partition coefficient (Wildman–Crippen LogP) is 1.28. The molecule has 0 atom stereocenters. The Balaban J connectivity index is 1.98. The van der Waals surface area contributed by atoms with Gasteiger partial charge in [-0.1, -0.05) is 11.6 Å². The lowest BCUT2D eigenvalue weighted by molar-refractivity contribution is -0.146. The fourth-order valence-corrected chi connectivity index (χ4v) is 3.50. The molecule has 0 aliphatic carbocycles. The maximum Gasteiger partial charge on any atom is 0.308 e. The summed E-state index contributed by atoms with van der Waals surface area (Å²) >= 11 is 5.65. The molecule has 0 saturated carbocycles. The number of pyridine rings is 1. The van der Waals surface area contributed by atoms with Gasteiger partial charge in [0.1, 0.15) is 5.15 Å². The van der Waals surface area contributed by atoms with E-state index < -0.39 is 10.2 Å². The maximum atomic E-state index is 12.2. The Morgan fingerprint density at radius 2 is 2.10 bits per heavy atom. The van der Waals surface area contributed by atoms with Crippen molar-refractivity contribution in [2.24, 2.45) is 5.92 Å². The molecule has 1 aromatic heterocycles. The first kappa shape index (κ1) is 16.0. The predicted molar refractivity (Wildman–Crippen MR) is 78.1 cm³/mol. The fourth-order valence-electron chi connectivity index (χ4n) is 2.15. The van der Waals surface area contributed by atoms with Crippen LogP contribution in [0.3, 0.4) is 0 Å². The van der Waals surface area contributed by atoms with Gasteiger partial charge in [0.25, 0.3) is 0 Å². The number of nitrogens with zero attached hydrogens (tertiary/aromatic N) is 2. The lowest BCUT2D eigenvalue weighted by Gasteiger charge is -2.29. The zero-order valence-electron chi connectivity index (χ0n) is 11.5. The number of piperidine rings is 1. The summed E-state index contributed by atoms with van der Waals surface area (Å²) in [5.74, 6) is -0.527. The van der Waals surface area contributed by atoms with Crippen LogP contribution < -0.4 is 4.72 Å². The summed E-state index contributed by atoms with van der Waals surface area (Å²) in [5, 5.41) is 0.289. The summed E-state index contributed by atoms with van der Waals surface area (Å²) in [6, 6.07) is 3.04. The number of halogens is 1. The first-order valence-electron chi connectivity index (χ1n) is 6.39. The Hall–Kier alpha value is -1.38. The maximum absolute atomic E-state index is 12.2. The second kappa shape index (κ2) is 6.59. The average Bonchev–Trinajstić information content (AvgIpc) is 2.49. The molecule has 1 N–H and O–H groups in total. The molecule has 0 spiro atoms. The fraction of sp³-hybridized carbons (Fsp3) is 0.500. The highest BCUT2D eigenvalue weighted by Crippen LogP contribution is 2.22. The number of hydrogen-bond donors (Lipinski definition) is 1. The van der Waals surface area contributed by atoms with Gasteiger partial charge in [-0.3, -0.25) is 9.52 Å². The second-order valence-electron chi connectivity index (χ2n) is 4.67. The molecule has 116 valence electrons. The molecule has 2 rings (SSSR count). The van der Waals surface area contributed by atoms with Gasteiger partial charge in [-0.2, -0.15) is 12.7 Å². The minimum absolute atomic E-state index is 0.237. The number of hydrogen-bond acceptors (Lipinski definition) is 5. The molecule has 0 radical (unpaired) electrons. The number of anilines is 1. The van der Waals surface area contributed by atoms with Gasteiger partial charge in [0.05, 0.1) is 24.9 Å². The zero-order valence-corrected chi connectivity index (χ0v) is 13.0. The first-order valence-corrected chi connectivity index (χ1v) is 8.21. The van der Waals surface area contributed by atoms with E-state index in [1.54, 1.807) is 0 Å². The van der Waals surface area contributed by atoms with E-state index in [0.29, 0.717) is 18.5 Å². The number of ether oxygens (including phenoxy) is 1. The van der Waals surface area contributed by atoms with Gasteiger partial charge >= 0.3 is 16.2 Å². The second-order valence-corrected chi connectivity index (χ2v) is 6.73. The molecule has 0 amide bonds. The summed E-state index contributed by atoms with van der Waals surface area (Å²) in [7, 11) is -2.32. The van der Waals surface area contributed by atoms with Crippen molar-refractivity contribution in [2.75, 3.05) is 24.9 Å². The Bertz CT molecular complexity index is 597. The lowest BCUT2D eigenvalue weighted by Crippen LogP contribution is -2.43. The van der Waals surface area contributed by atoms with E-state index in [0.717, 1.165) is 0 Å². The molecular weight excluding hydrogens is 318 g/mol. The van der Waals surface area contributed by atoms with Crippen LogP contribution in [0.4, 0.5) is 5.69 Å². The van der Waals surface area contributed by atoms with Crippen LogP contribution >= 0.6 is 11.6 Å². The monoisotopic (exact) mass is 333 g/mol. The van der Waals surface area contributed by atoms with Crippen LogP contribution in [-0.2, 0) is 19.7 Å². The number of rotatable bonds is 4. The van der Waals surface area contributed by atoms with Crippen LogP contribution in [0.25, 0.3) is 0 Å². The number of carbonyl (C=O) groups is 1. The molecule has 0 bridgehead atoms. The first-order chi connectivity index (χ1) is 9.92. The van der Waals surface area contributed by atoms with Crippen molar-refractivity contribution < 1.29 is 17.9 Å². The Morgan fingerprint density at radius 1 is 1.43 bits per heavy atom. The summed E-state index contributed by atoms with van der Waals surface area (Å²) in [4.78, 5) is 15.2. The average molecular weight is 334 g/mol. The Kier molecular flexibility index (Phi) is 5.02. The van der Waals surface area contributed by atoms with Gasteiger partial charge in [-0.25, -0.2) is 4.98 Å². The largest absolute Gasteiger partial charge is 0.469 e. The van der Waals surface area contributed by atoms with E-state index in [4.69, 9.17) is 11.6 Å². The van der Waals surface area contributed by atoms with E-state index >= 15 is 0 Å². The van der Waals surface area contributed by atoms with Crippen LogP contribution in [-0.4, -0.2) is 43.9 Å². The number of carbonyl (C=O) groups excluding carboxylic acids is 1. The van der Waals surface area contributed by atoms with Crippen LogP contribution in [0.2, 0.25) is 5.15 Å². The minimum Gasteiger partial charge on any atom is -0.469 e. The summed E-state index contributed by atoms with van der Waals surface area (Å²) in [6.07, 6.45) is 2.25. The smallest absolute Gasteiger partial charge is 0.308 e. The molecule has 1 fully saturated rings. The van der Waals surface area contributed by atoms with E-state index in [2.05, 4.69) is 14.4 Å². The van der Waals surface area contributed by atoms with Crippen molar-refractivity contribution in [1.29, 1.82) is 0 Å². The van der Waals surface area contributed by atoms with Crippen molar-refractivity contribution >= 4 is 33.5 Å². The number of nitrogens with one attached hydrogen (secondary N) is 1. The van der Waals surface area contributed by atoms with Gasteiger partial charge < -0.3 is 4.74 Å². The van der Waals surface area contributed by atoms with Crippen molar-refractivity contribution in [2.45, 2.75) is 12.8 Å². The molecule has 1 aliphatic heterocycles. The van der Waals surface area contributed by atoms with E-state index in [-0.39, 0.29) is 30.1 Å². The molecule has 2 heterocycles. The van der Waals surface area contributed by atoms with Gasteiger partial charge in [0, 0.05) is 13.1 Å². The van der Waals surface area contributed by atoms with E-state index in [9.17, 15) is 13.2 Å². The molecular formula is C12H16ClN3O4S. The van der Waals surface area contributed by atoms with Crippen LogP contribution in [0.15, 0.2) is 18.3 Å². The highest BCUT2D eigenvalue weighted by Gasteiger charge is 2.31. The highest BCUT2D eigenvalue weighted by molar-refractivity contribution is 7.90. The highest BCUT2D eigenvalue weighted by atomic mass is 35.5. The lowest BCUT2D eigenvalue weighted by atomic mass is 9.99. The van der Waals surface area contributed by atoms with Gasteiger partial charge in [0.15, 0.2) is 0 Å². The third-order valence-corrected chi connectivity index (χ3v) is 5.06. The van der Waals surface area contributed by atoms with Crippen molar-refractivity contribution in [1.82, 2.24) is 9.29 Å². The SMILES string of the molecule is COC(=O)C1CCN(S(=O)(=O)Nc2ccc(Cl)nc2)CC1. The summed E-state index contributed by atoms with van der Waals surface area (Å²) in [5.41, 5.74) is 0.342. The van der Waals surface area contributed by atoms with Crippen molar-refractivity contribution in [3.8, 4) is 0 Å². The number of aromatic nitrogens is 1. The summed E-state index contributed by atoms with van der Waals surface area (Å²) in [6.45, 7) is 0.548. The molecule has 1 aromatic rings. The zero-order chi connectivity index (χ0) is 15.5. The quantitative estimate of drug-likeness (QED) is 0.662. The van der Waals surface area contributed by atoms with Crippen molar-refractivity contribution in [3.63, 3.8) is 0 Å². The normalized spacial score (nSPS) is 17.4. The summed E-state index contributed by atoms with van der Waals surface area (Å²) < 4.78 is 32.9. The van der Waals surface area contributed by atoms with Gasteiger partial charge in [-0.05, 0) is 25.0 Å². The van der Waals surface area contributed by atoms with Gasteiger partial charge in [0.2, 0.25) is 0 Å². The van der Waals surface area contributed by atoms with E-state index in [1.165, 1.54) is 29.7 Å². The number of methoxy groups -OCH3 is 1. The third-order valence-electron chi connectivity index (χ3n) is 3.30. The molecule has 7 nitrogen and oxygen atoms in total. The van der Waals surface area contributed by atoms with E-state index in [1.807, 2.05) is 0 Å². The third kappa shape index (κ3) is 4.05. The molecule has 9 heteroatoms.